The van der Waals surface area contributed by atoms with Crippen molar-refractivity contribution >= 4 is 27.5 Å². The van der Waals surface area contributed by atoms with Crippen molar-refractivity contribution in [2.45, 2.75) is 72.4 Å². The monoisotopic (exact) mass is 533 g/mol. The average molecular weight is 534 g/mol. The first-order valence-corrected chi connectivity index (χ1v) is 14.7. The van der Waals surface area contributed by atoms with Crippen molar-refractivity contribution in [2.75, 3.05) is 23.7 Å². The molecule has 0 fully saturated rings. The number of hydrogen-bond acceptors (Lipinski definition) is 4. The van der Waals surface area contributed by atoms with E-state index < -0.39 is 16.1 Å². The van der Waals surface area contributed by atoms with E-state index >= 15 is 0 Å². The Kier molecular flexibility index (Phi) is 11.6. The predicted molar refractivity (Wildman–Crippen MR) is 146 cm³/mol. The number of nitrogens with one attached hydrogen (secondary N) is 1. The molecule has 1 atom stereocenters. The molecule has 37 heavy (non-hydrogen) atoms. The van der Waals surface area contributed by atoms with E-state index in [2.05, 4.69) is 5.32 Å². The Morgan fingerprint density at radius 2 is 1.68 bits per heavy atom. The number of nitrogens with zero attached hydrogens (tertiary/aromatic N) is 2. The average Bonchev–Trinajstić information content (AvgIpc) is 2.84. The van der Waals surface area contributed by atoms with E-state index in [9.17, 15) is 22.4 Å². The van der Waals surface area contributed by atoms with Gasteiger partial charge in [0.25, 0.3) is 0 Å². The fraction of sp³-hybridized carbons (Fsp3) is 0.500. The summed E-state index contributed by atoms with van der Waals surface area (Å²) < 4.78 is 39.8. The number of unbranched alkanes of at least 4 members (excludes halogenated alkanes) is 1. The topological polar surface area (TPSA) is 86.8 Å². The highest BCUT2D eigenvalue weighted by Crippen LogP contribution is 2.22. The number of carbonyl (C=O) groups is 2. The van der Waals surface area contributed by atoms with Crippen LogP contribution < -0.4 is 9.62 Å². The molecule has 0 unspecified atom stereocenters. The first kappa shape index (κ1) is 30.3. The van der Waals surface area contributed by atoms with Crippen LogP contribution in [0, 0.1) is 19.7 Å². The Hall–Kier alpha value is -2.94. The van der Waals surface area contributed by atoms with Crippen LogP contribution in [0.3, 0.4) is 0 Å². The van der Waals surface area contributed by atoms with Crippen molar-refractivity contribution in [3.8, 4) is 0 Å². The number of hydrogen-bond donors (Lipinski definition) is 1. The number of halogens is 1. The number of carbonyl (C=O) groups excluding carboxylic acids is 2. The summed E-state index contributed by atoms with van der Waals surface area (Å²) in [7, 11) is -3.56. The van der Waals surface area contributed by atoms with Crippen LogP contribution in [-0.4, -0.2) is 50.5 Å². The van der Waals surface area contributed by atoms with Gasteiger partial charge in [0.2, 0.25) is 21.8 Å². The maximum Gasteiger partial charge on any atom is 0.242 e. The van der Waals surface area contributed by atoms with Gasteiger partial charge in [-0.25, -0.2) is 12.8 Å². The molecule has 2 aromatic carbocycles. The molecule has 9 heteroatoms. The SMILES string of the molecule is CCCCNC(=O)[C@H](CC)N(Cc1ccc(F)cc1)C(=O)CCCN(c1ccc(C)c(C)c1)S(C)(=O)=O. The van der Waals surface area contributed by atoms with Gasteiger partial charge in [0.05, 0.1) is 11.9 Å². The van der Waals surface area contributed by atoms with Crippen LogP contribution in [0.25, 0.3) is 0 Å². The van der Waals surface area contributed by atoms with Crippen molar-refractivity contribution in [1.29, 1.82) is 0 Å². The van der Waals surface area contributed by atoms with Crippen molar-refractivity contribution in [3.05, 3.63) is 65.0 Å². The van der Waals surface area contributed by atoms with Crippen molar-refractivity contribution in [1.82, 2.24) is 10.2 Å². The molecule has 7 nitrogen and oxygen atoms in total. The van der Waals surface area contributed by atoms with Gasteiger partial charge in [-0.3, -0.25) is 13.9 Å². The van der Waals surface area contributed by atoms with Gasteiger partial charge < -0.3 is 10.2 Å². The normalized spacial score (nSPS) is 12.2. The van der Waals surface area contributed by atoms with Gasteiger partial charge in [-0.2, -0.15) is 0 Å². The number of rotatable bonds is 14. The summed E-state index contributed by atoms with van der Waals surface area (Å²) >= 11 is 0. The van der Waals surface area contributed by atoms with Gasteiger partial charge in [0.15, 0.2) is 0 Å². The lowest BCUT2D eigenvalue weighted by molar-refractivity contribution is -0.141. The minimum absolute atomic E-state index is 0.0663. The largest absolute Gasteiger partial charge is 0.354 e. The molecule has 0 radical (unpaired) electrons. The van der Waals surface area contributed by atoms with Crippen LogP contribution in [0.2, 0.25) is 0 Å². The van der Waals surface area contributed by atoms with E-state index in [1.165, 1.54) is 21.3 Å². The van der Waals surface area contributed by atoms with Gasteiger partial charge in [-0.15, -0.1) is 0 Å². The Labute approximate surface area is 221 Å². The van der Waals surface area contributed by atoms with Crippen LogP contribution in [0.5, 0.6) is 0 Å². The van der Waals surface area contributed by atoms with Gasteiger partial charge >= 0.3 is 0 Å². The second kappa shape index (κ2) is 14.1. The Bertz CT molecular complexity index is 1150. The molecule has 204 valence electrons. The van der Waals surface area contributed by atoms with Gasteiger partial charge in [0, 0.05) is 26.1 Å². The lowest BCUT2D eigenvalue weighted by atomic mass is 10.1. The molecule has 2 amide bonds. The summed E-state index contributed by atoms with van der Waals surface area (Å²) in [6.45, 7) is 8.59. The summed E-state index contributed by atoms with van der Waals surface area (Å²) in [5.41, 5.74) is 3.31. The van der Waals surface area contributed by atoms with E-state index in [0.717, 1.165) is 30.2 Å². The maximum atomic E-state index is 13.4. The molecule has 0 saturated heterocycles. The summed E-state index contributed by atoms with van der Waals surface area (Å²) in [6, 6.07) is 10.6. The quantitative estimate of drug-likeness (QED) is 0.356. The van der Waals surface area contributed by atoms with Gasteiger partial charge in [-0.05, 0) is 74.1 Å². The zero-order valence-electron chi connectivity index (χ0n) is 22.6. The zero-order chi connectivity index (χ0) is 27.6. The minimum atomic E-state index is -3.56. The number of benzene rings is 2. The second-order valence-corrected chi connectivity index (χ2v) is 11.3. The molecular weight excluding hydrogens is 493 g/mol. The molecule has 0 saturated carbocycles. The Morgan fingerprint density at radius 1 is 1.00 bits per heavy atom. The van der Waals surface area contributed by atoms with Crippen molar-refractivity contribution in [3.63, 3.8) is 0 Å². The van der Waals surface area contributed by atoms with E-state index in [1.807, 2.05) is 39.8 Å². The predicted octanol–water partition coefficient (Wildman–Crippen LogP) is 4.71. The fourth-order valence-electron chi connectivity index (χ4n) is 4.10. The maximum absolute atomic E-state index is 13.4. The Balaban J connectivity index is 2.20. The lowest BCUT2D eigenvalue weighted by Crippen LogP contribution is -2.49. The van der Waals surface area contributed by atoms with Gasteiger partial charge in [-0.1, -0.05) is 38.5 Å². The lowest BCUT2D eigenvalue weighted by Gasteiger charge is -2.31. The molecule has 1 N–H and O–H groups in total. The smallest absolute Gasteiger partial charge is 0.242 e. The Morgan fingerprint density at radius 3 is 2.24 bits per heavy atom. The van der Waals surface area contributed by atoms with Crippen LogP contribution in [-0.2, 0) is 26.2 Å². The van der Waals surface area contributed by atoms with Crippen LogP contribution in [0.1, 0.15) is 62.6 Å². The summed E-state index contributed by atoms with van der Waals surface area (Å²) in [5, 5.41) is 2.91. The fourth-order valence-corrected chi connectivity index (χ4v) is 5.05. The molecule has 0 aliphatic heterocycles. The third-order valence-electron chi connectivity index (χ3n) is 6.41. The number of amides is 2. The van der Waals surface area contributed by atoms with E-state index in [0.29, 0.717) is 24.2 Å². The third kappa shape index (κ3) is 9.14. The van der Waals surface area contributed by atoms with E-state index in [4.69, 9.17) is 0 Å². The highest BCUT2D eigenvalue weighted by atomic mass is 32.2. The molecule has 2 rings (SSSR count). The van der Waals surface area contributed by atoms with Crippen LogP contribution in [0.4, 0.5) is 10.1 Å². The molecular formula is C28H40FN3O4S. The van der Waals surface area contributed by atoms with E-state index in [1.54, 1.807) is 18.2 Å². The van der Waals surface area contributed by atoms with Crippen LogP contribution in [0.15, 0.2) is 42.5 Å². The third-order valence-corrected chi connectivity index (χ3v) is 7.61. The molecule has 0 bridgehead atoms. The molecule has 0 aliphatic rings. The molecule has 0 aromatic heterocycles. The van der Waals surface area contributed by atoms with Crippen molar-refractivity contribution < 1.29 is 22.4 Å². The first-order valence-electron chi connectivity index (χ1n) is 12.8. The van der Waals surface area contributed by atoms with Crippen molar-refractivity contribution in [2.24, 2.45) is 0 Å². The highest BCUT2D eigenvalue weighted by Gasteiger charge is 2.28. The summed E-state index contributed by atoms with van der Waals surface area (Å²) in [4.78, 5) is 27.9. The number of sulfonamides is 1. The number of anilines is 1. The minimum Gasteiger partial charge on any atom is -0.354 e. The zero-order valence-corrected chi connectivity index (χ0v) is 23.4. The molecule has 0 heterocycles. The molecule has 0 spiro atoms. The standard InChI is InChI=1S/C28H40FN3O4S/c1-6-8-17-30-28(34)26(7-2)31(20-23-12-14-24(29)15-13-23)27(33)10-9-18-32(37(5,35)36)25-16-11-21(3)22(4)19-25/h11-16,19,26H,6-10,17-18,20H2,1-5H3,(H,30,34)/t26-/m0/s1. The number of aryl methyl sites for hydroxylation is 2. The summed E-state index contributed by atoms with van der Waals surface area (Å²) in [6.07, 6.45) is 3.70. The van der Waals surface area contributed by atoms with Crippen LogP contribution >= 0.6 is 0 Å². The van der Waals surface area contributed by atoms with Gasteiger partial charge in [0.1, 0.15) is 11.9 Å². The summed E-state index contributed by atoms with van der Waals surface area (Å²) in [5.74, 6) is -0.854. The second-order valence-electron chi connectivity index (χ2n) is 9.42. The molecule has 2 aromatic rings. The highest BCUT2D eigenvalue weighted by molar-refractivity contribution is 7.92. The first-order chi connectivity index (χ1) is 17.5. The molecule has 0 aliphatic carbocycles. The van der Waals surface area contributed by atoms with E-state index in [-0.39, 0.29) is 43.6 Å².